The lowest BCUT2D eigenvalue weighted by Gasteiger charge is -2.10. The number of aromatic nitrogens is 3. The van der Waals surface area contributed by atoms with Crippen molar-refractivity contribution in [2.24, 2.45) is 7.05 Å². The molecule has 1 aromatic carbocycles. The number of aryl methyl sites for hydroxylation is 2. The first-order chi connectivity index (χ1) is 8.81. The van der Waals surface area contributed by atoms with Gasteiger partial charge in [0.2, 0.25) is 5.95 Å². The first-order valence-corrected chi connectivity index (χ1v) is 7.10. The van der Waals surface area contributed by atoms with Crippen molar-refractivity contribution in [2.45, 2.75) is 11.8 Å². The topological polar surface area (TPSA) is 103 Å². The van der Waals surface area contributed by atoms with Crippen LogP contribution in [0.15, 0.2) is 23.4 Å². The second-order valence-electron chi connectivity index (χ2n) is 3.96. The molecule has 0 atom stereocenters. The van der Waals surface area contributed by atoms with E-state index in [4.69, 9.17) is 17.3 Å². The van der Waals surface area contributed by atoms with Gasteiger partial charge in [0.05, 0.1) is 15.6 Å². The molecule has 0 fully saturated rings. The number of nitrogens with two attached hydrogens (primary N) is 1. The standard InChI is InChI=1S/C10H12ClN5O2S/c1-6-3-7(4-8(12)9(6)11)19(17,18)15-10-13-5-14-16(10)2/h3-5H,12H2,1-2H3,(H,13,14,15). The number of sulfonamides is 1. The van der Waals surface area contributed by atoms with E-state index in [9.17, 15) is 8.42 Å². The average Bonchev–Trinajstić information content (AvgIpc) is 2.70. The summed E-state index contributed by atoms with van der Waals surface area (Å²) in [7, 11) is -2.20. The second kappa shape index (κ2) is 4.71. The van der Waals surface area contributed by atoms with Gasteiger partial charge in [0.1, 0.15) is 6.33 Å². The van der Waals surface area contributed by atoms with Crippen LogP contribution < -0.4 is 10.5 Å². The maximum atomic E-state index is 12.2. The molecule has 0 saturated heterocycles. The number of nitrogen functional groups attached to an aromatic ring is 1. The molecule has 0 aliphatic carbocycles. The van der Waals surface area contributed by atoms with Gasteiger partial charge in [-0.05, 0) is 24.6 Å². The molecule has 2 aromatic rings. The van der Waals surface area contributed by atoms with Crippen molar-refractivity contribution in [1.29, 1.82) is 0 Å². The van der Waals surface area contributed by atoms with Gasteiger partial charge in [-0.1, -0.05) is 11.6 Å². The van der Waals surface area contributed by atoms with E-state index in [1.165, 1.54) is 23.1 Å². The second-order valence-corrected chi connectivity index (χ2v) is 6.02. The summed E-state index contributed by atoms with van der Waals surface area (Å²) in [5.74, 6) is 0.117. The zero-order valence-corrected chi connectivity index (χ0v) is 11.8. The van der Waals surface area contributed by atoms with E-state index >= 15 is 0 Å². The van der Waals surface area contributed by atoms with E-state index in [-0.39, 0.29) is 16.5 Å². The van der Waals surface area contributed by atoms with Crippen LogP contribution in [-0.4, -0.2) is 23.2 Å². The van der Waals surface area contributed by atoms with Crippen molar-refractivity contribution in [2.75, 3.05) is 10.5 Å². The zero-order chi connectivity index (χ0) is 14.2. The highest BCUT2D eigenvalue weighted by molar-refractivity contribution is 7.92. The molecule has 0 unspecified atom stereocenters. The van der Waals surface area contributed by atoms with Crippen molar-refractivity contribution >= 4 is 33.3 Å². The number of benzene rings is 1. The van der Waals surface area contributed by atoms with Crippen molar-refractivity contribution in [3.8, 4) is 0 Å². The third-order valence-corrected chi connectivity index (χ3v) is 4.33. The van der Waals surface area contributed by atoms with Crippen LogP contribution in [0.4, 0.5) is 11.6 Å². The first kappa shape index (κ1) is 13.6. The van der Waals surface area contributed by atoms with Gasteiger partial charge in [0.15, 0.2) is 0 Å². The third-order valence-electron chi connectivity index (χ3n) is 2.50. The highest BCUT2D eigenvalue weighted by atomic mass is 35.5. The van der Waals surface area contributed by atoms with E-state index in [1.54, 1.807) is 14.0 Å². The smallest absolute Gasteiger partial charge is 0.264 e. The molecule has 7 nitrogen and oxygen atoms in total. The monoisotopic (exact) mass is 301 g/mol. The summed E-state index contributed by atoms with van der Waals surface area (Å²) >= 11 is 5.90. The Labute approximate surface area is 115 Å². The van der Waals surface area contributed by atoms with Gasteiger partial charge in [-0.2, -0.15) is 10.1 Å². The lowest BCUT2D eigenvalue weighted by Crippen LogP contribution is -2.16. The molecule has 1 heterocycles. The van der Waals surface area contributed by atoms with Crippen LogP contribution in [0.3, 0.4) is 0 Å². The van der Waals surface area contributed by atoms with E-state index in [2.05, 4.69) is 14.8 Å². The van der Waals surface area contributed by atoms with Crippen LogP contribution in [0.5, 0.6) is 0 Å². The van der Waals surface area contributed by atoms with Gasteiger partial charge >= 0.3 is 0 Å². The summed E-state index contributed by atoms with van der Waals surface area (Å²) in [6.07, 6.45) is 1.25. The van der Waals surface area contributed by atoms with E-state index in [0.29, 0.717) is 10.6 Å². The molecular formula is C10H12ClN5O2S. The van der Waals surface area contributed by atoms with Crippen LogP contribution in [0.25, 0.3) is 0 Å². The van der Waals surface area contributed by atoms with Gasteiger partial charge < -0.3 is 5.73 Å². The van der Waals surface area contributed by atoms with Crippen molar-refractivity contribution in [1.82, 2.24) is 14.8 Å². The van der Waals surface area contributed by atoms with Gasteiger partial charge in [-0.15, -0.1) is 0 Å². The van der Waals surface area contributed by atoms with Gasteiger partial charge in [0.25, 0.3) is 10.0 Å². The molecule has 0 aliphatic rings. The lowest BCUT2D eigenvalue weighted by atomic mass is 10.2. The first-order valence-electron chi connectivity index (χ1n) is 5.23. The maximum Gasteiger partial charge on any atom is 0.264 e. The van der Waals surface area contributed by atoms with Gasteiger partial charge in [-0.3, -0.25) is 0 Å². The largest absolute Gasteiger partial charge is 0.397 e. The molecule has 0 aliphatic heterocycles. The highest BCUT2D eigenvalue weighted by Gasteiger charge is 2.18. The summed E-state index contributed by atoms with van der Waals surface area (Å²) in [5.41, 5.74) is 6.46. The Balaban J connectivity index is 2.43. The van der Waals surface area contributed by atoms with Crippen molar-refractivity contribution < 1.29 is 8.42 Å². The number of rotatable bonds is 3. The fourth-order valence-electron chi connectivity index (χ4n) is 1.49. The summed E-state index contributed by atoms with van der Waals surface area (Å²) in [6, 6.07) is 2.74. The molecule has 3 N–H and O–H groups in total. The Hall–Kier alpha value is -1.80. The number of halogens is 1. The maximum absolute atomic E-state index is 12.2. The van der Waals surface area contributed by atoms with Gasteiger partial charge in [-0.25, -0.2) is 17.8 Å². The van der Waals surface area contributed by atoms with Crippen molar-refractivity contribution in [3.63, 3.8) is 0 Å². The number of hydrogen-bond acceptors (Lipinski definition) is 5. The minimum absolute atomic E-state index is 0.0231. The lowest BCUT2D eigenvalue weighted by molar-refractivity contribution is 0.600. The number of nitrogens with one attached hydrogen (secondary N) is 1. The molecule has 19 heavy (non-hydrogen) atoms. The summed E-state index contributed by atoms with van der Waals surface area (Å²) < 4.78 is 28.0. The van der Waals surface area contributed by atoms with E-state index in [0.717, 1.165) is 0 Å². The molecule has 0 spiro atoms. The molecule has 1 aromatic heterocycles. The Morgan fingerprint density at radius 3 is 2.63 bits per heavy atom. The van der Waals surface area contributed by atoms with Crippen LogP contribution in [0.2, 0.25) is 5.02 Å². The predicted molar refractivity (Wildman–Crippen MR) is 72.4 cm³/mol. The normalized spacial score (nSPS) is 11.5. The molecular weight excluding hydrogens is 290 g/mol. The van der Waals surface area contributed by atoms with E-state index in [1.807, 2.05) is 0 Å². The molecule has 102 valence electrons. The highest BCUT2D eigenvalue weighted by Crippen LogP contribution is 2.27. The molecule has 0 saturated carbocycles. The summed E-state index contributed by atoms with van der Waals surface area (Å²) in [4.78, 5) is 3.82. The van der Waals surface area contributed by atoms with Crippen LogP contribution in [0, 0.1) is 6.92 Å². The zero-order valence-electron chi connectivity index (χ0n) is 10.3. The Bertz CT molecular complexity index is 702. The van der Waals surface area contributed by atoms with Gasteiger partial charge in [0, 0.05) is 7.05 Å². The SMILES string of the molecule is Cc1cc(S(=O)(=O)Nc2ncnn2C)cc(N)c1Cl. The molecule has 0 radical (unpaired) electrons. The third kappa shape index (κ3) is 2.64. The Kier molecular flexibility index (Phi) is 3.38. The Morgan fingerprint density at radius 1 is 1.42 bits per heavy atom. The minimum Gasteiger partial charge on any atom is -0.397 e. The number of nitrogens with zero attached hydrogens (tertiary/aromatic N) is 3. The van der Waals surface area contributed by atoms with Crippen LogP contribution in [0.1, 0.15) is 5.56 Å². The van der Waals surface area contributed by atoms with Crippen LogP contribution in [-0.2, 0) is 17.1 Å². The average molecular weight is 302 g/mol. The number of anilines is 2. The Morgan fingerprint density at radius 2 is 2.11 bits per heavy atom. The molecule has 2 rings (SSSR count). The van der Waals surface area contributed by atoms with E-state index < -0.39 is 10.0 Å². The summed E-state index contributed by atoms with van der Waals surface area (Å²) in [5, 5.41) is 4.12. The number of hydrogen-bond donors (Lipinski definition) is 2. The molecule has 0 amide bonds. The quantitative estimate of drug-likeness (QED) is 0.828. The fraction of sp³-hybridized carbons (Fsp3) is 0.200. The minimum atomic E-state index is -3.78. The molecule has 9 heteroatoms. The molecule has 0 bridgehead atoms. The van der Waals surface area contributed by atoms with Crippen molar-refractivity contribution in [3.05, 3.63) is 29.0 Å². The predicted octanol–water partition coefficient (Wildman–Crippen LogP) is 1.16. The summed E-state index contributed by atoms with van der Waals surface area (Å²) in [6.45, 7) is 1.68. The van der Waals surface area contributed by atoms with Crippen LogP contribution >= 0.6 is 11.6 Å². The fourth-order valence-corrected chi connectivity index (χ4v) is 2.75.